The Kier molecular flexibility index (Phi) is 3.60. The van der Waals surface area contributed by atoms with Crippen molar-refractivity contribution in [2.24, 2.45) is 0 Å². The molecule has 0 amide bonds. The van der Waals surface area contributed by atoms with E-state index in [9.17, 15) is 30.3 Å². The van der Waals surface area contributed by atoms with Gasteiger partial charge in [-0.1, -0.05) is 0 Å². The van der Waals surface area contributed by atoms with E-state index in [0.29, 0.717) is 0 Å². The molecule has 0 saturated carbocycles. The first-order valence-electron chi connectivity index (χ1n) is 4.46. The summed E-state index contributed by atoms with van der Waals surface area (Å²) in [4.78, 5) is 29.9. The first-order chi connectivity index (χ1) is 8.20. The second-order valence-corrected chi connectivity index (χ2v) is 4.17. The highest BCUT2D eigenvalue weighted by Gasteiger charge is 2.36. The van der Waals surface area contributed by atoms with E-state index in [-0.39, 0.29) is 15.6 Å². The van der Waals surface area contributed by atoms with Gasteiger partial charge >= 0.3 is 0 Å². The van der Waals surface area contributed by atoms with Gasteiger partial charge in [-0.3, -0.25) is 30.3 Å². The molecule has 0 aliphatic carbocycles. The third-order valence-corrected chi connectivity index (χ3v) is 3.14. The van der Waals surface area contributed by atoms with Gasteiger partial charge in [0.2, 0.25) is 0 Å². The van der Waals surface area contributed by atoms with Crippen LogP contribution < -0.4 is 0 Å². The van der Waals surface area contributed by atoms with Crippen LogP contribution >= 0.6 is 15.9 Å². The van der Waals surface area contributed by atoms with Gasteiger partial charge in [-0.25, -0.2) is 0 Å². The van der Waals surface area contributed by atoms with Crippen molar-refractivity contribution < 1.29 is 14.8 Å². The molecule has 0 bridgehead atoms. The van der Waals surface area contributed by atoms with Gasteiger partial charge in [0.15, 0.2) is 4.47 Å². The zero-order valence-corrected chi connectivity index (χ0v) is 10.8. The summed E-state index contributed by atoms with van der Waals surface area (Å²) in [5.41, 5.74) is -2.39. The van der Waals surface area contributed by atoms with E-state index in [0.717, 1.165) is 0 Å². The molecule has 0 aromatic heterocycles. The number of hydrogen-bond donors (Lipinski definition) is 0. The van der Waals surface area contributed by atoms with Crippen molar-refractivity contribution in [3.8, 4) is 0 Å². The molecule has 0 unspecified atom stereocenters. The van der Waals surface area contributed by atoms with Gasteiger partial charge in [-0.2, -0.15) is 0 Å². The summed E-state index contributed by atoms with van der Waals surface area (Å²) in [5.74, 6) is 0. The fourth-order valence-corrected chi connectivity index (χ4v) is 2.54. The molecule has 0 radical (unpaired) electrons. The summed E-state index contributed by atoms with van der Waals surface area (Å²) in [6.45, 7) is 2.36. The van der Waals surface area contributed by atoms with Gasteiger partial charge in [-0.15, -0.1) is 0 Å². The Bertz CT molecular complexity index is 483. The average Bonchev–Trinajstić information content (AvgIpc) is 2.14. The van der Waals surface area contributed by atoms with Gasteiger partial charge in [0.1, 0.15) is 11.1 Å². The summed E-state index contributed by atoms with van der Waals surface area (Å²) < 4.78 is -0.363. The molecule has 1 aromatic rings. The average molecular weight is 320 g/mol. The molecule has 0 aliphatic rings. The van der Waals surface area contributed by atoms with Gasteiger partial charge in [-0.05, 0) is 29.8 Å². The molecule has 1 rings (SSSR count). The monoisotopic (exact) mass is 319 g/mol. The Morgan fingerprint density at radius 3 is 1.28 bits per heavy atom. The summed E-state index contributed by atoms with van der Waals surface area (Å²) in [6, 6.07) is 0. The third-order valence-electron chi connectivity index (χ3n) is 2.38. The lowest BCUT2D eigenvalue weighted by Crippen LogP contribution is -2.05. The molecule has 0 heterocycles. The van der Waals surface area contributed by atoms with Crippen molar-refractivity contribution in [3.05, 3.63) is 45.9 Å². The summed E-state index contributed by atoms with van der Waals surface area (Å²) in [7, 11) is 0. The van der Waals surface area contributed by atoms with Crippen molar-refractivity contribution in [1.29, 1.82) is 0 Å². The Morgan fingerprint density at radius 2 is 1.06 bits per heavy atom. The number of nitrogens with zero attached hydrogens (tertiary/aromatic N) is 3. The second-order valence-electron chi connectivity index (χ2n) is 3.38. The molecular formula is C8H6BrN3O6. The van der Waals surface area contributed by atoms with Crippen LogP contribution in [0.5, 0.6) is 0 Å². The predicted octanol–water partition coefficient (Wildman–Crippen LogP) is 2.79. The molecule has 10 heteroatoms. The minimum atomic E-state index is -0.890. The van der Waals surface area contributed by atoms with Crippen molar-refractivity contribution in [3.63, 3.8) is 0 Å². The summed E-state index contributed by atoms with van der Waals surface area (Å²) in [5, 5.41) is 32.5. The highest BCUT2D eigenvalue weighted by Crippen LogP contribution is 2.44. The number of nitro benzene ring substituents is 3. The first-order valence-corrected chi connectivity index (χ1v) is 5.25. The Labute approximate surface area is 108 Å². The molecule has 1 aromatic carbocycles. The van der Waals surface area contributed by atoms with Gasteiger partial charge < -0.3 is 0 Å². The van der Waals surface area contributed by atoms with Crippen LogP contribution in [-0.2, 0) is 0 Å². The zero-order valence-electron chi connectivity index (χ0n) is 9.17. The van der Waals surface area contributed by atoms with E-state index in [4.69, 9.17) is 0 Å². The molecule has 0 saturated heterocycles. The minimum absolute atomic E-state index is 0.222. The smallest absolute Gasteiger partial charge is 0.258 e. The number of benzene rings is 1. The van der Waals surface area contributed by atoms with Crippen LogP contribution in [0.2, 0.25) is 0 Å². The van der Waals surface area contributed by atoms with Crippen LogP contribution in [0.25, 0.3) is 0 Å². The Morgan fingerprint density at radius 1 is 0.778 bits per heavy atom. The molecule has 0 fully saturated rings. The fourth-order valence-electron chi connectivity index (χ4n) is 1.65. The standard InChI is InChI=1S/C8H6BrN3O6/c1-3-6(10(13)14)4(2)8(12(17)18)5(9)7(3)11(15)16/h1-2H3. The molecule has 0 spiro atoms. The predicted molar refractivity (Wildman–Crippen MR) is 63.6 cm³/mol. The molecule has 96 valence electrons. The van der Waals surface area contributed by atoms with Crippen LogP contribution in [0.3, 0.4) is 0 Å². The molecule has 0 atom stereocenters. The van der Waals surface area contributed by atoms with Crippen molar-refractivity contribution in [2.75, 3.05) is 0 Å². The van der Waals surface area contributed by atoms with E-state index >= 15 is 0 Å². The number of rotatable bonds is 3. The SMILES string of the molecule is Cc1c([N+](=O)[O-])c(C)c([N+](=O)[O-])c(Br)c1[N+](=O)[O-]. The van der Waals surface area contributed by atoms with Gasteiger partial charge in [0.25, 0.3) is 17.1 Å². The lowest BCUT2D eigenvalue weighted by atomic mass is 10.1. The molecule has 9 nitrogen and oxygen atoms in total. The molecule has 0 aliphatic heterocycles. The largest absolute Gasteiger partial charge is 0.300 e. The summed E-state index contributed by atoms with van der Waals surface area (Å²) in [6.07, 6.45) is 0. The zero-order chi connectivity index (χ0) is 14.2. The van der Waals surface area contributed by atoms with Crippen molar-refractivity contribution >= 4 is 33.0 Å². The van der Waals surface area contributed by atoms with Crippen LogP contribution in [0, 0.1) is 44.2 Å². The number of hydrogen-bond acceptors (Lipinski definition) is 6. The highest BCUT2D eigenvalue weighted by atomic mass is 79.9. The quantitative estimate of drug-likeness (QED) is 0.622. The second kappa shape index (κ2) is 4.64. The van der Waals surface area contributed by atoms with Crippen LogP contribution in [0.4, 0.5) is 17.1 Å². The highest BCUT2D eigenvalue weighted by molar-refractivity contribution is 9.10. The maximum absolute atomic E-state index is 10.8. The van der Waals surface area contributed by atoms with Gasteiger partial charge in [0.05, 0.1) is 14.8 Å². The summed E-state index contributed by atoms with van der Waals surface area (Å²) >= 11 is 2.76. The van der Waals surface area contributed by atoms with E-state index in [1.54, 1.807) is 0 Å². The molecular weight excluding hydrogens is 314 g/mol. The normalized spacial score (nSPS) is 10.2. The van der Waals surface area contributed by atoms with E-state index in [1.165, 1.54) is 13.8 Å². The minimum Gasteiger partial charge on any atom is -0.258 e. The van der Waals surface area contributed by atoms with Gasteiger partial charge in [0, 0.05) is 0 Å². The molecule has 18 heavy (non-hydrogen) atoms. The van der Waals surface area contributed by atoms with Crippen molar-refractivity contribution in [1.82, 2.24) is 0 Å². The van der Waals surface area contributed by atoms with E-state index < -0.39 is 31.8 Å². The Balaban J connectivity index is 3.94. The maximum Gasteiger partial charge on any atom is 0.300 e. The van der Waals surface area contributed by atoms with Crippen LogP contribution in [-0.4, -0.2) is 14.8 Å². The van der Waals surface area contributed by atoms with Crippen LogP contribution in [0.15, 0.2) is 4.47 Å². The maximum atomic E-state index is 10.8. The number of nitro groups is 3. The molecule has 0 N–H and O–H groups in total. The fraction of sp³-hybridized carbons (Fsp3) is 0.250. The first kappa shape index (κ1) is 14.0. The topological polar surface area (TPSA) is 129 Å². The van der Waals surface area contributed by atoms with Crippen LogP contribution in [0.1, 0.15) is 11.1 Å². The Hall–Kier alpha value is -2.10. The third kappa shape index (κ3) is 2.01. The lowest BCUT2D eigenvalue weighted by Gasteiger charge is -2.06. The van der Waals surface area contributed by atoms with Crippen molar-refractivity contribution in [2.45, 2.75) is 13.8 Å². The lowest BCUT2D eigenvalue weighted by molar-refractivity contribution is -0.405. The number of halogens is 1. The van der Waals surface area contributed by atoms with E-state index in [1.807, 2.05) is 0 Å². The van der Waals surface area contributed by atoms with E-state index in [2.05, 4.69) is 15.9 Å².